The third-order valence-electron chi connectivity index (χ3n) is 2.64. The highest BCUT2D eigenvalue weighted by molar-refractivity contribution is 5.43. The van der Waals surface area contributed by atoms with Crippen LogP contribution < -0.4 is 4.74 Å². The molecule has 1 N–H and O–H groups in total. The fraction of sp³-hybridized carbons (Fsp3) is 0.118. The summed E-state index contributed by atoms with van der Waals surface area (Å²) in [7, 11) is 0. The van der Waals surface area contributed by atoms with Gasteiger partial charge in [-0.05, 0) is 29.8 Å². The second kappa shape index (κ2) is 6.99. The van der Waals surface area contributed by atoms with Gasteiger partial charge in [-0.25, -0.2) is 0 Å². The van der Waals surface area contributed by atoms with Crippen molar-refractivity contribution in [1.82, 2.24) is 0 Å². The highest BCUT2D eigenvalue weighted by Crippen LogP contribution is 2.18. The highest BCUT2D eigenvalue weighted by Gasteiger charge is 2.02. The first-order valence-electron chi connectivity index (χ1n) is 6.14. The van der Waals surface area contributed by atoms with Crippen molar-refractivity contribution in [2.75, 3.05) is 6.61 Å². The van der Waals surface area contributed by atoms with Gasteiger partial charge in [0.2, 0.25) is 0 Å². The molecule has 0 fully saturated rings. The number of benzene rings is 2. The van der Waals surface area contributed by atoms with Crippen LogP contribution in [0.1, 0.15) is 16.7 Å². The first kappa shape index (κ1) is 13.7. The number of nitriles is 1. The molecule has 0 unspecified atom stereocenters. The van der Waals surface area contributed by atoms with Gasteiger partial charge in [-0.1, -0.05) is 36.1 Å². The number of hydrogen-bond acceptors (Lipinski definition) is 3. The number of rotatable bonds is 3. The molecule has 20 heavy (non-hydrogen) atoms. The van der Waals surface area contributed by atoms with Crippen molar-refractivity contribution in [2.45, 2.75) is 6.61 Å². The Morgan fingerprint density at radius 1 is 1.10 bits per heavy atom. The number of nitrogens with zero attached hydrogens (tertiary/aromatic N) is 1. The second-order valence-electron chi connectivity index (χ2n) is 4.06. The predicted octanol–water partition coefficient (Wildman–Crippen LogP) is 2.48. The standard InChI is InChI=1S/C17H13NO2/c18-12-16-8-1-2-9-17(16)20-13-15-6-3-5-14(11-15)7-4-10-19/h1-3,5-6,8-9,11,19H,10,13H2. The summed E-state index contributed by atoms with van der Waals surface area (Å²) in [4.78, 5) is 0. The van der Waals surface area contributed by atoms with Crippen molar-refractivity contribution >= 4 is 0 Å². The first-order valence-corrected chi connectivity index (χ1v) is 6.14. The zero-order valence-electron chi connectivity index (χ0n) is 10.8. The van der Waals surface area contributed by atoms with E-state index in [0.29, 0.717) is 17.9 Å². The Hall–Kier alpha value is -2.75. The molecule has 0 bridgehead atoms. The van der Waals surface area contributed by atoms with Gasteiger partial charge >= 0.3 is 0 Å². The normalized spacial score (nSPS) is 9.20. The van der Waals surface area contributed by atoms with Gasteiger partial charge in [0.25, 0.3) is 0 Å². The van der Waals surface area contributed by atoms with Crippen molar-refractivity contribution in [3.8, 4) is 23.7 Å². The van der Waals surface area contributed by atoms with Crippen LogP contribution in [0, 0.1) is 23.2 Å². The van der Waals surface area contributed by atoms with E-state index in [4.69, 9.17) is 15.1 Å². The molecule has 0 amide bonds. The van der Waals surface area contributed by atoms with Gasteiger partial charge in [0.1, 0.15) is 25.0 Å². The molecular weight excluding hydrogens is 250 g/mol. The molecule has 2 aromatic rings. The minimum Gasteiger partial charge on any atom is -0.488 e. The molecule has 2 aromatic carbocycles. The maximum atomic E-state index is 8.98. The molecule has 0 spiro atoms. The fourth-order valence-electron chi connectivity index (χ4n) is 1.73. The quantitative estimate of drug-likeness (QED) is 0.865. The second-order valence-corrected chi connectivity index (χ2v) is 4.06. The molecule has 98 valence electrons. The van der Waals surface area contributed by atoms with Crippen molar-refractivity contribution in [1.29, 1.82) is 5.26 Å². The minimum absolute atomic E-state index is 0.156. The summed E-state index contributed by atoms with van der Waals surface area (Å²) < 4.78 is 5.65. The van der Waals surface area contributed by atoms with Gasteiger partial charge in [-0.3, -0.25) is 0 Å². The van der Waals surface area contributed by atoms with Gasteiger partial charge in [-0.15, -0.1) is 0 Å². The Bertz CT molecular complexity index is 690. The summed E-state index contributed by atoms with van der Waals surface area (Å²) in [6, 6.07) is 16.8. The van der Waals surface area contributed by atoms with E-state index >= 15 is 0 Å². The van der Waals surface area contributed by atoms with Crippen LogP contribution >= 0.6 is 0 Å². The van der Waals surface area contributed by atoms with Crippen molar-refractivity contribution in [2.24, 2.45) is 0 Å². The molecule has 0 heterocycles. The van der Waals surface area contributed by atoms with E-state index in [0.717, 1.165) is 11.1 Å². The molecule has 0 aliphatic heterocycles. The van der Waals surface area contributed by atoms with E-state index < -0.39 is 0 Å². The number of aliphatic hydroxyl groups is 1. The van der Waals surface area contributed by atoms with E-state index in [1.165, 1.54) is 0 Å². The third kappa shape index (κ3) is 3.62. The van der Waals surface area contributed by atoms with E-state index in [1.54, 1.807) is 18.2 Å². The molecule has 0 radical (unpaired) electrons. The molecule has 3 nitrogen and oxygen atoms in total. The van der Waals surface area contributed by atoms with Gasteiger partial charge in [0.15, 0.2) is 0 Å². The van der Waals surface area contributed by atoms with E-state index in [1.807, 2.05) is 30.3 Å². The number of ether oxygens (including phenoxy) is 1. The average Bonchev–Trinajstić information content (AvgIpc) is 2.51. The van der Waals surface area contributed by atoms with Crippen LogP contribution in [0.15, 0.2) is 48.5 Å². The smallest absolute Gasteiger partial charge is 0.137 e. The van der Waals surface area contributed by atoms with Crippen LogP contribution in [0.3, 0.4) is 0 Å². The fourth-order valence-corrected chi connectivity index (χ4v) is 1.73. The lowest BCUT2D eigenvalue weighted by atomic mass is 10.1. The Morgan fingerprint density at radius 2 is 1.95 bits per heavy atom. The molecule has 0 aliphatic carbocycles. The molecule has 3 heteroatoms. The first-order chi connectivity index (χ1) is 9.83. The van der Waals surface area contributed by atoms with Gasteiger partial charge in [0.05, 0.1) is 5.56 Å². The van der Waals surface area contributed by atoms with Crippen molar-refractivity contribution in [3.63, 3.8) is 0 Å². The maximum absolute atomic E-state index is 8.98. The average molecular weight is 263 g/mol. The lowest BCUT2D eigenvalue weighted by molar-refractivity contribution is 0.305. The van der Waals surface area contributed by atoms with Crippen molar-refractivity contribution < 1.29 is 9.84 Å². The Balaban J connectivity index is 2.09. The largest absolute Gasteiger partial charge is 0.488 e. The van der Waals surface area contributed by atoms with E-state index in [-0.39, 0.29) is 6.61 Å². The maximum Gasteiger partial charge on any atom is 0.137 e. The molecule has 0 saturated carbocycles. The zero-order valence-corrected chi connectivity index (χ0v) is 10.8. The Labute approximate surface area is 118 Å². The predicted molar refractivity (Wildman–Crippen MR) is 75.9 cm³/mol. The van der Waals surface area contributed by atoms with E-state index in [9.17, 15) is 0 Å². The zero-order chi connectivity index (χ0) is 14.2. The van der Waals surface area contributed by atoms with Crippen molar-refractivity contribution in [3.05, 3.63) is 65.2 Å². The van der Waals surface area contributed by atoms with Crippen LogP contribution in [-0.2, 0) is 6.61 Å². The topological polar surface area (TPSA) is 53.2 Å². The highest BCUT2D eigenvalue weighted by atomic mass is 16.5. The molecule has 0 saturated heterocycles. The van der Waals surface area contributed by atoms with Gasteiger partial charge in [-0.2, -0.15) is 5.26 Å². The van der Waals surface area contributed by atoms with Crippen LogP contribution in [0.4, 0.5) is 0 Å². The third-order valence-corrected chi connectivity index (χ3v) is 2.64. The SMILES string of the molecule is N#Cc1ccccc1OCc1cccc(C#CCO)c1. The number of para-hydroxylation sites is 1. The van der Waals surface area contributed by atoms with Crippen LogP contribution in [0.5, 0.6) is 5.75 Å². The number of hydrogen-bond donors (Lipinski definition) is 1. The molecule has 0 aliphatic rings. The summed E-state index contributed by atoms with van der Waals surface area (Å²) in [6.07, 6.45) is 0. The van der Waals surface area contributed by atoms with Gasteiger partial charge < -0.3 is 9.84 Å². The summed E-state index contributed by atoms with van der Waals surface area (Å²) in [5.74, 6) is 6.02. The van der Waals surface area contributed by atoms with Crippen LogP contribution in [0.25, 0.3) is 0 Å². The molecule has 0 aromatic heterocycles. The summed E-state index contributed by atoms with van der Waals surface area (Å²) in [5.41, 5.74) is 2.31. The summed E-state index contributed by atoms with van der Waals surface area (Å²) >= 11 is 0. The Kier molecular flexibility index (Phi) is 4.78. The Morgan fingerprint density at radius 3 is 2.75 bits per heavy atom. The lowest BCUT2D eigenvalue weighted by Crippen LogP contribution is -1.97. The van der Waals surface area contributed by atoms with E-state index in [2.05, 4.69) is 17.9 Å². The minimum atomic E-state index is -0.156. The number of aliphatic hydroxyl groups excluding tert-OH is 1. The van der Waals surface area contributed by atoms with Gasteiger partial charge in [0, 0.05) is 5.56 Å². The van der Waals surface area contributed by atoms with Crippen LogP contribution in [-0.4, -0.2) is 11.7 Å². The molecule has 0 atom stereocenters. The lowest BCUT2D eigenvalue weighted by Gasteiger charge is -2.07. The summed E-state index contributed by atoms with van der Waals surface area (Å²) in [5, 5.41) is 17.7. The molecule has 2 rings (SSSR count). The monoisotopic (exact) mass is 263 g/mol. The molecular formula is C17H13NO2. The van der Waals surface area contributed by atoms with Crippen LogP contribution in [0.2, 0.25) is 0 Å². The summed E-state index contributed by atoms with van der Waals surface area (Å²) in [6.45, 7) is 0.212.